The van der Waals surface area contributed by atoms with Gasteiger partial charge in [-0.3, -0.25) is 0 Å². The van der Waals surface area contributed by atoms with Gasteiger partial charge in [0, 0.05) is 12.0 Å². The molecule has 1 fully saturated rings. The molecule has 0 radical (unpaired) electrons. The summed E-state index contributed by atoms with van der Waals surface area (Å²) in [5, 5.41) is 3.27. The molecule has 1 atom stereocenters. The van der Waals surface area contributed by atoms with Gasteiger partial charge in [0.05, 0.1) is 5.69 Å². The molecule has 1 aliphatic heterocycles. The minimum absolute atomic E-state index is 0.0160. The van der Waals surface area contributed by atoms with E-state index in [1.54, 1.807) is 6.07 Å². The van der Waals surface area contributed by atoms with Crippen LogP contribution in [0.15, 0.2) is 18.2 Å². The zero-order valence-corrected chi connectivity index (χ0v) is 7.68. The second-order valence-electron chi connectivity index (χ2n) is 3.83. The SMILES string of the molecule is CC1(c2cccc(F)n2)CCNC1. The molecule has 1 saturated heterocycles. The summed E-state index contributed by atoms with van der Waals surface area (Å²) in [6, 6.07) is 5.01. The lowest BCUT2D eigenvalue weighted by molar-refractivity contribution is 0.485. The molecule has 70 valence electrons. The van der Waals surface area contributed by atoms with Gasteiger partial charge >= 0.3 is 0 Å². The van der Waals surface area contributed by atoms with E-state index in [1.807, 2.05) is 6.07 Å². The molecule has 0 spiro atoms. The van der Waals surface area contributed by atoms with Crippen LogP contribution in [0.3, 0.4) is 0 Å². The Morgan fingerprint density at radius 1 is 1.54 bits per heavy atom. The van der Waals surface area contributed by atoms with Gasteiger partial charge in [0.2, 0.25) is 5.95 Å². The Hall–Kier alpha value is -0.960. The van der Waals surface area contributed by atoms with Crippen LogP contribution < -0.4 is 5.32 Å². The maximum Gasteiger partial charge on any atom is 0.213 e. The van der Waals surface area contributed by atoms with E-state index in [0.717, 1.165) is 25.2 Å². The van der Waals surface area contributed by atoms with Crippen molar-refractivity contribution in [2.45, 2.75) is 18.8 Å². The van der Waals surface area contributed by atoms with Gasteiger partial charge in [0.1, 0.15) is 0 Å². The molecule has 1 N–H and O–H groups in total. The lowest BCUT2D eigenvalue weighted by atomic mass is 9.86. The Morgan fingerprint density at radius 3 is 3.00 bits per heavy atom. The maximum atomic E-state index is 12.9. The van der Waals surface area contributed by atoms with Crippen molar-refractivity contribution in [3.8, 4) is 0 Å². The molecular weight excluding hydrogens is 167 g/mol. The first kappa shape index (κ1) is 8.63. The lowest BCUT2D eigenvalue weighted by Gasteiger charge is -2.21. The van der Waals surface area contributed by atoms with E-state index >= 15 is 0 Å². The van der Waals surface area contributed by atoms with Gasteiger partial charge in [-0.2, -0.15) is 4.39 Å². The molecule has 2 nitrogen and oxygen atoms in total. The zero-order chi connectivity index (χ0) is 9.31. The Labute approximate surface area is 77.2 Å². The van der Waals surface area contributed by atoms with Crippen LogP contribution >= 0.6 is 0 Å². The third kappa shape index (κ3) is 1.56. The molecule has 0 aliphatic carbocycles. The van der Waals surface area contributed by atoms with Crippen LogP contribution in [0.25, 0.3) is 0 Å². The minimum Gasteiger partial charge on any atom is -0.316 e. The molecule has 0 aromatic carbocycles. The third-order valence-electron chi connectivity index (χ3n) is 2.70. The van der Waals surface area contributed by atoms with Crippen LogP contribution in [-0.4, -0.2) is 18.1 Å². The van der Waals surface area contributed by atoms with Crippen molar-refractivity contribution in [1.29, 1.82) is 0 Å². The first-order valence-electron chi connectivity index (χ1n) is 4.54. The highest BCUT2D eigenvalue weighted by molar-refractivity contribution is 5.18. The number of halogens is 1. The largest absolute Gasteiger partial charge is 0.316 e. The van der Waals surface area contributed by atoms with Crippen LogP contribution in [0.5, 0.6) is 0 Å². The quantitative estimate of drug-likeness (QED) is 0.662. The normalized spacial score (nSPS) is 27.8. The van der Waals surface area contributed by atoms with Gasteiger partial charge < -0.3 is 5.32 Å². The van der Waals surface area contributed by atoms with Crippen LogP contribution in [0, 0.1) is 5.95 Å². The highest BCUT2D eigenvalue weighted by Crippen LogP contribution is 2.28. The van der Waals surface area contributed by atoms with Crippen molar-refractivity contribution in [3.63, 3.8) is 0 Å². The van der Waals surface area contributed by atoms with E-state index in [9.17, 15) is 4.39 Å². The lowest BCUT2D eigenvalue weighted by Crippen LogP contribution is -2.26. The summed E-state index contributed by atoms with van der Waals surface area (Å²) < 4.78 is 12.9. The molecule has 1 aromatic heterocycles. The molecule has 0 amide bonds. The van der Waals surface area contributed by atoms with Gasteiger partial charge in [0.25, 0.3) is 0 Å². The average molecular weight is 180 g/mol. The Bertz CT molecular complexity index is 306. The first-order valence-corrected chi connectivity index (χ1v) is 4.54. The first-order chi connectivity index (χ1) is 6.21. The van der Waals surface area contributed by atoms with Crippen molar-refractivity contribution in [2.75, 3.05) is 13.1 Å². The number of rotatable bonds is 1. The maximum absolute atomic E-state index is 12.9. The average Bonchev–Trinajstić information content (AvgIpc) is 2.54. The molecule has 13 heavy (non-hydrogen) atoms. The van der Waals surface area contributed by atoms with Gasteiger partial charge in [-0.1, -0.05) is 13.0 Å². The van der Waals surface area contributed by atoms with Crippen molar-refractivity contribution >= 4 is 0 Å². The highest BCUT2D eigenvalue weighted by Gasteiger charge is 2.31. The zero-order valence-electron chi connectivity index (χ0n) is 7.68. The fourth-order valence-electron chi connectivity index (χ4n) is 1.78. The molecular formula is C10H13FN2. The van der Waals surface area contributed by atoms with Crippen molar-refractivity contribution in [2.24, 2.45) is 0 Å². The smallest absolute Gasteiger partial charge is 0.213 e. The molecule has 2 rings (SSSR count). The predicted octanol–water partition coefficient (Wildman–Crippen LogP) is 1.47. The van der Waals surface area contributed by atoms with Gasteiger partial charge in [0.15, 0.2) is 0 Å². The van der Waals surface area contributed by atoms with E-state index in [1.165, 1.54) is 6.07 Å². The van der Waals surface area contributed by atoms with Gasteiger partial charge in [-0.05, 0) is 25.1 Å². The van der Waals surface area contributed by atoms with E-state index in [2.05, 4.69) is 17.2 Å². The fourth-order valence-corrected chi connectivity index (χ4v) is 1.78. The van der Waals surface area contributed by atoms with Crippen molar-refractivity contribution in [3.05, 3.63) is 29.8 Å². The summed E-state index contributed by atoms with van der Waals surface area (Å²) in [7, 11) is 0. The van der Waals surface area contributed by atoms with Crippen molar-refractivity contribution < 1.29 is 4.39 Å². The molecule has 0 saturated carbocycles. The second-order valence-corrected chi connectivity index (χ2v) is 3.83. The summed E-state index contributed by atoms with van der Waals surface area (Å²) in [5.74, 6) is -0.384. The molecule has 0 bridgehead atoms. The molecule has 3 heteroatoms. The van der Waals surface area contributed by atoms with Crippen molar-refractivity contribution in [1.82, 2.24) is 10.3 Å². The molecule has 1 aliphatic rings. The molecule has 2 heterocycles. The molecule has 1 unspecified atom stereocenters. The fraction of sp³-hybridized carbons (Fsp3) is 0.500. The van der Waals surface area contributed by atoms with Crippen LogP contribution in [-0.2, 0) is 5.41 Å². The minimum atomic E-state index is -0.384. The van der Waals surface area contributed by atoms with E-state index in [-0.39, 0.29) is 11.4 Å². The van der Waals surface area contributed by atoms with Crippen LogP contribution in [0.2, 0.25) is 0 Å². The van der Waals surface area contributed by atoms with E-state index < -0.39 is 0 Å². The summed E-state index contributed by atoms with van der Waals surface area (Å²) in [6.07, 6.45) is 1.03. The predicted molar refractivity (Wildman–Crippen MR) is 49.0 cm³/mol. The summed E-state index contributed by atoms with van der Waals surface area (Å²) in [6.45, 7) is 4.01. The monoisotopic (exact) mass is 180 g/mol. The molecule has 1 aromatic rings. The third-order valence-corrected chi connectivity index (χ3v) is 2.70. The number of hydrogen-bond acceptors (Lipinski definition) is 2. The van der Waals surface area contributed by atoms with Gasteiger partial charge in [-0.25, -0.2) is 4.98 Å². The highest BCUT2D eigenvalue weighted by atomic mass is 19.1. The number of pyridine rings is 1. The summed E-state index contributed by atoms with van der Waals surface area (Å²) in [4.78, 5) is 3.92. The standard InChI is InChI=1S/C10H13FN2/c1-10(5-6-12-7-10)8-3-2-4-9(11)13-8/h2-4,12H,5-7H2,1H3. The number of aromatic nitrogens is 1. The number of hydrogen-bond donors (Lipinski definition) is 1. The Balaban J connectivity index is 2.33. The topological polar surface area (TPSA) is 24.9 Å². The number of nitrogens with zero attached hydrogens (tertiary/aromatic N) is 1. The Morgan fingerprint density at radius 2 is 2.38 bits per heavy atom. The number of nitrogens with one attached hydrogen (secondary N) is 1. The van der Waals surface area contributed by atoms with Crippen LogP contribution in [0.4, 0.5) is 4.39 Å². The van der Waals surface area contributed by atoms with E-state index in [4.69, 9.17) is 0 Å². The summed E-state index contributed by atoms with van der Waals surface area (Å²) in [5.41, 5.74) is 0.875. The summed E-state index contributed by atoms with van der Waals surface area (Å²) >= 11 is 0. The van der Waals surface area contributed by atoms with E-state index in [0.29, 0.717) is 0 Å². The van der Waals surface area contributed by atoms with Gasteiger partial charge in [-0.15, -0.1) is 0 Å². The second kappa shape index (κ2) is 3.07. The van der Waals surface area contributed by atoms with Crippen LogP contribution in [0.1, 0.15) is 19.0 Å². The Kier molecular flexibility index (Phi) is 2.04.